The summed E-state index contributed by atoms with van der Waals surface area (Å²) in [6.07, 6.45) is 4.27. The van der Waals surface area contributed by atoms with Gasteiger partial charge in [-0.05, 0) is 32.0 Å². The van der Waals surface area contributed by atoms with Gasteiger partial charge in [-0.25, -0.2) is 8.78 Å². The zero-order valence-electron chi connectivity index (χ0n) is 10.5. The highest BCUT2D eigenvalue weighted by atomic mass is 35.5. The molecule has 1 aliphatic rings. The molecule has 18 heavy (non-hydrogen) atoms. The Balaban J connectivity index is 2.08. The maximum Gasteiger partial charge on any atom is 0.130 e. The summed E-state index contributed by atoms with van der Waals surface area (Å²) in [7, 11) is 1.89. The number of hydrogen-bond acceptors (Lipinski definition) is 1. The van der Waals surface area contributed by atoms with E-state index in [1.165, 1.54) is 18.2 Å². The first-order chi connectivity index (χ1) is 8.59. The van der Waals surface area contributed by atoms with Crippen molar-refractivity contribution in [3.8, 4) is 0 Å². The summed E-state index contributed by atoms with van der Waals surface area (Å²) in [6.45, 7) is 0.270. The second-order valence-corrected chi connectivity index (χ2v) is 5.54. The highest BCUT2D eigenvalue weighted by Gasteiger charge is 2.27. The summed E-state index contributed by atoms with van der Waals surface area (Å²) in [5.41, 5.74) is 0.134. The van der Waals surface area contributed by atoms with Crippen molar-refractivity contribution in [2.24, 2.45) is 0 Å². The van der Waals surface area contributed by atoms with Crippen molar-refractivity contribution in [1.82, 2.24) is 4.90 Å². The number of nitrogens with zero attached hydrogens (tertiary/aromatic N) is 1. The smallest absolute Gasteiger partial charge is 0.130 e. The van der Waals surface area contributed by atoms with Crippen LogP contribution in [-0.4, -0.2) is 23.4 Å². The van der Waals surface area contributed by atoms with E-state index in [0.29, 0.717) is 0 Å². The average Bonchev–Trinajstić information content (AvgIpc) is 2.34. The van der Waals surface area contributed by atoms with Gasteiger partial charge in [-0.1, -0.05) is 18.9 Å². The van der Waals surface area contributed by atoms with E-state index in [4.69, 9.17) is 11.6 Å². The second kappa shape index (κ2) is 5.98. The number of benzene rings is 1. The van der Waals surface area contributed by atoms with Gasteiger partial charge in [0.1, 0.15) is 11.6 Å². The molecule has 1 nitrogen and oxygen atoms in total. The fraction of sp³-hybridized carbons (Fsp3) is 0.571. The molecule has 0 N–H and O–H groups in total. The van der Waals surface area contributed by atoms with Gasteiger partial charge >= 0.3 is 0 Å². The first-order valence-corrected chi connectivity index (χ1v) is 6.80. The Kier molecular flexibility index (Phi) is 4.57. The van der Waals surface area contributed by atoms with Crippen LogP contribution in [0.5, 0.6) is 0 Å². The van der Waals surface area contributed by atoms with Gasteiger partial charge in [0.15, 0.2) is 0 Å². The van der Waals surface area contributed by atoms with Gasteiger partial charge < -0.3 is 0 Å². The summed E-state index contributed by atoms with van der Waals surface area (Å²) in [5, 5.41) is 0.0820. The highest BCUT2D eigenvalue weighted by molar-refractivity contribution is 6.21. The van der Waals surface area contributed by atoms with Gasteiger partial charge in [0.25, 0.3) is 0 Å². The number of rotatable bonds is 3. The van der Waals surface area contributed by atoms with Gasteiger partial charge in [0.2, 0.25) is 0 Å². The Labute approximate surface area is 112 Å². The summed E-state index contributed by atoms with van der Waals surface area (Å²) < 4.78 is 27.2. The van der Waals surface area contributed by atoms with Crippen molar-refractivity contribution in [3.05, 3.63) is 35.4 Å². The summed E-state index contributed by atoms with van der Waals surface area (Å²) in [5.74, 6) is -0.965. The van der Waals surface area contributed by atoms with Crippen molar-refractivity contribution in [1.29, 1.82) is 0 Å². The number of hydrogen-bond donors (Lipinski definition) is 0. The predicted octanol–water partition coefficient (Wildman–Crippen LogP) is 3.95. The van der Waals surface area contributed by atoms with Gasteiger partial charge in [0.05, 0.1) is 0 Å². The molecule has 2 rings (SSSR count). The van der Waals surface area contributed by atoms with Gasteiger partial charge in [0, 0.05) is 23.5 Å². The molecule has 4 heteroatoms. The first kappa shape index (κ1) is 13.8. The monoisotopic (exact) mass is 273 g/mol. The molecule has 2 atom stereocenters. The summed E-state index contributed by atoms with van der Waals surface area (Å²) in [6, 6.07) is 4.19. The molecule has 0 bridgehead atoms. The van der Waals surface area contributed by atoms with Gasteiger partial charge in [-0.2, -0.15) is 0 Å². The van der Waals surface area contributed by atoms with E-state index in [2.05, 4.69) is 0 Å². The van der Waals surface area contributed by atoms with Crippen LogP contribution in [0.25, 0.3) is 0 Å². The molecule has 1 saturated carbocycles. The Bertz CT molecular complexity index is 391. The van der Waals surface area contributed by atoms with E-state index in [1.807, 2.05) is 11.9 Å². The third-order valence-electron chi connectivity index (χ3n) is 3.68. The van der Waals surface area contributed by atoms with Crippen LogP contribution in [-0.2, 0) is 6.54 Å². The van der Waals surface area contributed by atoms with E-state index in [9.17, 15) is 8.78 Å². The minimum absolute atomic E-state index is 0.0820. The minimum atomic E-state index is -0.483. The van der Waals surface area contributed by atoms with E-state index in [1.54, 1.807) is 0 Å². The third-order valence-corrected chi connectivity index (χ3v) is 4.19. The number of alkyl halides is 1. The van der Waals surface area contributed by atoms with Gasteiger partial charge in [-0.3, -0.25) is 4.90 Å². The van der Waals surface area contributed by atoms with Crippen LogP contribution in [0.15, 0.2) is 18.2 Å². The van der Waals surface area contributed by atoms with Crippen LogP contribution < -0.4 is 0 Å². The van der Waals surface area contributed by atoms with Crippen LogP contribution in [0.2, 0.25) is 0 Å². The third kappa shape index (κ3) is 3.01. The quantitative estimate of drug-likeness (QED) is 0.754. The fourth-order valence-corrected chi connectivity index (χ4v) is 3.09. The lowest BCUT2D eigenvalue weighted by Gasteiger charge is -2.35. The summed E-state index contributed by atoms with van der Waals surface area (Å²) in [4.78, 5) is 1.97. The largest absolute Gasteiger partial charge is 0.297 e. The lowest BCUT2D eigenvalue weighted by Crippen LogP contribution is -2.40. The maximum absolute atomic E-state index is 13.6. The molecule has 0 radical (unpaired) electrons. The lowest BCUT2D eigenvalue weighted by molar-refractivity contribution is 0.184. The zero-order valence-corrected chi connectivity index (χ0v) is 11.3. The van der Waals surface area contributed by atoms with Crippen molar-refractivity contribution in [3.63, 3.8) is 0 Å². The molecule has 0 spiro atoms. The number of halogens is 3. The fourth-order valence-electron chi connectivity index (χ4n) is 2.61. The first-order valence-electron chi connectivity index (χ1n) is 6.37. The van der Waals surface area contributed by atoms with E-state index >= 15 is 0 Å². The molecule has 100 valence electrons. The molecule has 0 saturated heterocycles. The Morgan fingerprint density at radius 1 is 1.22 bits per heavy atom. The Morgan fingerprint density at radius 2 is 1.83 bits per heavy atom. The predicted molar refractivity (Wildman–Crippen MR) is 69.7 cm³/mol. The molecular formula is C14H18ClF2N. The van der Waals surface area contributed by atoms with Crippen LogP contribution in [0.1, 0.15) is 31.2 Å². The van der Waals surface area contributed by atoms with Crippen LogP contribution >= 0.6 is 11.6 Å². The highest BCUT2D eigenvalue weighted by Crippen LogP contribution is 2.28. The van der Waals surface area contributed by atoms with Crippen molar-refractivity contribution >= 4 is 11.6 Å². The van der Waals surface area contributed by atoms with E-state index in [-0.39, 0.29) is 23.5 Å². The van der Waals surface area contributed by atoms with E-state index < -0.39 is 11.6 Å². The normalized spacial score (nSPS) is 24.5. The van der Waals surface area contributed by atoms with Gasteiger partial charge in [-0.15, -0.1) is 11.6 Å². The molecule has 2 unspecified atom stereocenters. The van der Waals surface area contributed by atoms with Crippen molar-refractivity contribution in [2.75, 3.05) is 7.05 Å². The molecule has 0 aliphatic heterocycles. The topological polar surface area (TPSA) is 3.24 Å². The van der Waals surface area contributed by atoms with Crippen molar-refractivity contribution in [2.45, 2.75) is 43.6 Å². The van der Waals surface area contributed by atoms with Crippen molar-refractivity contribution < 1.29 is 8.78 Å². The SMILES string of the molecule is CN(Cc1c(F)cccc1F)C1CCCCC1Cl. The molecular weight excluding hydrogens is 256 g/mol. The zero-order chi connectivity index (χ0) is 13.1. The lowest BCUT2D eigenvalue weighted by atomic mass is 9.93. The average molecular weight is 274 g/mol. The molecule has 1 aliphatic carbocycles. The van der Waals surface area contributed by atoms with E-state index in [0.717, 1.165) is 25.7 Å². The molecule has 0 aromatic heterocycles. The Hall–Kier alpha value is -0.670. The molecule has 1 aromatic carbocycles. The summed E-state index contributed by atoms with van der Waals surface area (Å²) >= 11 is 6.29. The molecule has 0 heterocycles. The standard InChI is InChI=1S/C14H18ClF2N/c1-18(14-8-3-2-5-11(14)15)9-10-12(16)6-4-7-13(10)17/h4,6-7,11,14H,2-3,5,8-9H2,1H3. The molecule has 1 aromatic rings. The molecule has 0 amide bonds. The van der Waals surface area contributed by atoms with Crippen LogP contribution in [0.4, 0.5) is 8.78 Å². The Morgan fingerprint density at radius 3 is 2.44 bits per heavy atom. The minimum Gasteiger partial charge on any atom is -0.297 e. The second-order valence-electron chi connectivity index (χ2n) is 4.98. The molecule has 1 fully saturated rings. The maximum atomic E-state index is 13.6. The van der Waals surface area contributed by atoms with Crippen LogP contribution in [0.3, 0.4) is 0 Å². The van der Waals surface area contributed by atoms with Crippen LogP contribution in [0, 0.1) is 11.6 Å².